The van der Waals surface area contributed by atoms with Crippen LogP contribution in [0.4, 0.5) is 10.8 Å². The fourth-order valence-corrected chi connectivity index (χ4v) is 3.81. The van der Waals surface area contributed by atoms with Crippen LogP contribution < -0.4 is 19.7 Å². The molecular weight excluding hydrogens is 404 g/mol. The number of carbonyl (C=O) groups is 2. The van der Waals surface area contributed by atoms with Crippen LogP contribution >= 0.6 is 11.3 Å². The van der Waals surface area contributed by atoms with Gasteiger partial charge in [0.25, 0.3) is 0 Å². The summed E-state index contributed by atoms with van der Waals surface area (Å²) in [6.45, 7) is 2.13. The van der Waals surface area contributed by atoms with E-state index in [1.165, 1.54) is 11.3 Å². The van der Waals surface area contributed by atoms with Gasteiger partial charge in [0.1, 0.15) is 10.8 Å². The van der Waals surface area contributed by atoms with Gasteiger partial charge in [0.05, 0.1) is 13.0 Å². The fraction of sp³-hybridized carbons (Fsp3) is 0.238. The number of nitrogens with one attached hydrogen (secondary N) is 1. The van der Waals surface area contributed by atoms with Crippen LogP contribution in [-0.4, -0.2) is 35.7 Å². The summed E-state index contributed by atoms with van der Waals surface area (Å²) in [5, 5.41) is 11.7. The Labute approximate surface area is 177 Å². The lowest BCUT2D eigenvalue weighted by molar-refractivity contribution is -0.122. The van der Waals surface area contributed by atoms with E-state index in [-0.39, 0.29) is 18.2 Å². The number of amides is 2. The minimum atomic E-state index is -0.439. The molecule has 1 atom stereocenters. The number of para-hydroxylation sites is 2. The van der Waals surface area contributed by atoms with Gasteiger partial charge in [-0.3, -0.25) is 9.59 Å². The fourth-order valence-electron chi connectivity index (χ4n) is 3.21. The van der Waals surface area contributed by atoms with Crippen LogP contribution in [0.1, 0.15) is 11.4 Å². The van der Waals surface area contributed by atoms with Crippen molar-refractivity contribution in [3.05, 3.63) is 53.5 Å². The normalized spacial score (nSPS) is 15.9. The Morgan fingerprint density at radius 1 is 1.13 bits per heavy atom. The third-order valence-corrected chi connectivity index (χ3v) is 5.45. The Bertz CT molecular complexity index is 1070. The first kappa shape index (κ1) is 19.8. The third-order valence-electron chi connectivity index (χ3n) is 4.70. The smallest absolute Gasteiger partial charge is 0.231 e. The Hall–Kier alpha value is -3.46. The summed E-state index contributed by atoms with van der Waals surface area (Å²) in [6, 6.07) is 14.5. The van der Waals surface area contributed by atoms with Gasteiger partial charge < -0.3 is 19.7 Å². The second-order valence-corrected chi connectivity index (χ2v) is 7.95. The van der Waals surface area contributed by atoms with Gasteiger partial charge in [0.15, 0.2) is 11.5 Å². The quantitative estimate of drug-likeness (QED) is 0.649. The average Bonchev–Trinajstić information content (AvgIpc) is 3.34. The van der Waals surface area contributed by atoms with E-state index in [1.54, 1.807) is 36.3 Å². The molecule has 0 unspecified atom stereocenters. The topological polar surface area (TPSA) is 93.7 Å². The van der Waals surface area contributed by atoms with Crippen molar-refractivity contribution in [2.45, 2.75) is 13.3 Å². The predicted octanol–water partition coefficient (Wildman–Crippen LogP) is 3.64. The first-order valence-corrected chi connectivity index (χ1v) is 10.2. The van der Waals surface area contributed by atoms with E-state index < -0.39 is 5.92 Å². The van der Waals surface area contributed by atoms with E-state index in [2.05, 4.69) is 15.5 Å². The molecule has 2 heterocycles. The number of aryl methyl sites for hydroxylation is 1. The second-order valence-electron chi connectivity index (χ2n) is 6.77. The number of nitrogens with zero attached hydrogens (tertiary/aromatic N) is 3. The maximum absolute atomic E-state index is 12.5. The minimum absolute atomic E-state index is 0.0954. The number of aromatic nitrogens is 2. The standard InChI is InChI=1S/C21H20N4O4S/c1-13-23-24-21(30-13)22-20(27)14-11-19(26)25(12-14)15-7-9-16(10-8-15)29-18-6-4-3-5-17(18)28-2/h3-10,14H,11-12H2,1-2H3,(H,22,24,27)/t14-/m0/s1. The molecule has 0 bridgehead atoms. The summed E-state index contributed by atoms with van der Waals surface area (Å²) < 4.78 is 11.2. The van der Waals surface area contributed by atoms with Gasteiger partial charge in [0.2, 0.25) is 16.9 Å². The van der Waals surface area contributed by atoms with Crippen molar-refractivity contribution >= 4 is 34.0 Å². The highest BCUT2D eigenvalue weighted by Gasteiger charge is 2.35. The molecule has 4 rings (SSSR count). The van der Waals surface area contributed by atoms with E-state index in [1.807, 2.05) is 31.2 Å². The second kappa shape index (κ2) is 8.50. The van der Waals surface area contributed by atoms with Gasteiger partial charge in [-0.1, -0.05) is 23.5 Å². The predicted molar refractivity (Wildman–Crippen MR) is 113 cm³/mol. The molecule has 2 amide bonds. The summed E-state index contributed by atoms with van der Waals surface area (Å²) in [5.74, 6) is 1.10. The van der Waals surface area contributed by atoms with Crippen LogP contribution in [0.3, 0.4) is 0 Å². The van der Waals surface area contributed by atoms with Gasteiger partial charge in [-0.05, 0) is 43.3 Å². The lowest BCUT2D eigenvalue weighted by Gasteiger charge is -2.17. The number of ether oxygens (including phenoxy) is 2. The molecule has 1 saturated heterocycles. The zero-order valence-electron chi connectivity index (χ0n) is 16.5. The van der Waals surface area contributed by atoms with E-state index in [0.717, 1.165) is 10.7 Å². The zero-order valence-corrected chi connectivity index (χ0v) is 17.3. The minimum Gasteiger partial charge on any atom is -0.493 e. The van der Waals surface area contributed by atoms with Gasteiger partial charge in [-0.25, -0.2) is 0 Å². The zero-order chi connectivity index (χ0) is 21.1. The van der Waals surface area contributed by atoms with Crippen LogP contribution in [0.25, 0.3) is 0 Å². The molecule has 0 saturated carbocycles. The van der Waals surface area contributed by atoms with Crippen molar-refractivity contribution in [2.75, 3.05) is 23.9 Å². The van der Waals surface area contributed by atoms with E-state index in [4.69, 9.17) is 9.47 Å². The summed E-state index contributed by atoms with van der Waals surface area (Å²) in [7, 11) is 1.59. The molecule has 0 spiro atoms. The number of carbonyl (C=O) groups excluding carboxylic acids is 2. The van der Waals surface area contributed by atoms with Crippen LogP contribution in [0, 0.1) is 12.8 Å². The first-order valence-electron chi connectivity index (χ1n) is 9.36. The molecule has 1 aromatic heterocycles. The number of rotatable bonds is 6. The molecule has 8 nitrogen and oxygen atoms in total. The van der Waals surface area contributed by atoms with Crippen molar-refractivity contribution in [3.8, 4) is 17.2 Å². The van der Waals surface area contributed by atoms with Crippen molar-refractivity contribution < 1.29 is 19.1 Å². The summed E-state index contributed by atoms with van der Waals surface area (Å²) in [4.78, 5) is 26.6. The van der Waals surface area contributed by atoms with Crippen molar-refractivity contribution in [3.63, 3.8) is 0 Å². The average molecular weight is 424 g/mol. The Morgan fingerprint density at radius 3 is 2.53 bits per heavy atom. The molecule has 0 radical (unpaired) electrons. The molecule has 2 aromatic carbocycles. The Kier molecular flexibility index (Phi) is 5.62. The number of hydrogen-bond acceptors (Lipinski definition) is 7. The highest BCUT2D eigenvalue weighted by molar-refractivity contribution is 7.15. The number of anilines is 2. The first-order chi connectivity index (χ1) is 14.5. The summed E-state index contributed by atoms with van der Waals surface area (Å²) >= 11 is 1.30. The molecular formula is C21H20N4O4S. The number of methoxy groups -OCH3 is 1. The van der Waals surface area contributed by atoms with Crippen LogP contribution in [0.5, 0.6) is 17.2 Å². The lowest BCUT2D eigenvalue weighted by atomic mass is 10.1. The van der Waals surface area contributed by atoms with Crippen LogP contribution in [0.2, 0.25) is 0 Å². The summed E-state index contributed by atoms with van der Waals surface area (Å²) in [6.07, 6.45) is 0.156. The Balaban J connectivity index is 1.41. The highest BCUT2D eigenvalue weighted by Crippen LogP contribution is 2.33. The third kappa shape index (κ3) is 4.25. The SMILES string of the molecule is COc1ccccc1Oc1ccc(N2C[C@@H](C(=O)Nc3nnc(C)s3)CC2=O)cc1. The van der Waals surface area contributed by atoms with Crippen molar-refractivity contribution in [1.82, 2.24) is 10.2 Å². The van der Waals surface area contributed by atoms with Gasteiger partial charge >= 0.3 is 0 Å². The number of hydrogen-bond donors (Lipinski definition) is 1. The molecule has 1 N–H and O–H groups in total. The lowest BCUT2D eigenvalue weighted by Crippen LogP contribution is -2.28. The van der Waals surface area contributed by atoms with Crippen molar-refractivity contribution in [1.29, 1.82) is 0 Å². The molecule has 0 aliphatic carbocycles. The number of benzene rings is 2. The molecule has 1 aliphatic heterocycles. The Morgan fingerprint density at radius 2 is 1.87 bits per heavy atom. The maximum Gasteiger partial charge on any atom is 0.231 e. The van der Waals surface area contributed by atoms with Gasteiger partial charge in [-0.2, -0.15) is 0 Å². The van der Waals surface area contributed by atoms with E-state index in [0.29, 0.717) is 28.9 Å². The maximum atomic E-state index is 12.5. The molecule has 9 heteroatoms. The van der Waals surface area contributed by atoms with Crippen LogP contribution in [-0.2, 0) is 9.59 Å². The van der Waals surface area contributed by atoms with Gasteiger partial charge in [-0.15, -0.1) is 10.2 Å². The largest absolute Gasteiger partial charge is 0.493 e. The monoisotopic (exact) mass is 424 g/mol. The summed E-state index contributed by atoms with van der Waals surface area (Å²) in [5.41, 5.74) is 0.717. The molecule has 154 valence electrons. The molecule has 30 heavy (non-hydrogen) atoms. The van der Waals surface area contributed by atoms with Crippen LogP contribution in [0.15, 0.2) is 48.5 Å². The van der Waals surface area contributed by atoms with Gasteiger partial charge in [0, 0.05) is 18.7 Å². The molecule has 1 fully saturated rings. The molecule has 1 aliphatic rings. The molecule has 3 aromatic rings. The van der Waals surface area contributed by atoms with E-state index >= 15 is 0 Å². The van der Waals surface area contributed by atoms with E-state index in [9.17, 15) is 9.59 Å². The van der Waals surface area contributed by atoms with Crippen molar-refractivity contribution in [2.24, 2.45) is 5.92 Å². The highest BCUT2D eigenvalue weighted by atomic mass is 32.1.